The van der Waals surface area contributed by atoms with E-state index in [-0.39, 0.29) is 6.04 Å². The molecule has 0 radical (unpaired) electrons. The molecular weight excluding hydrogens is 224 g/mol. The topological polar surface area (TPSA) is 47.1 Å². The van der Waals surface area contributed by atoms with Gasteiger partial charge in [0.2, 0.25) is 0 Å². The minimum Gasteiger partial charge on any atom is -0.336 e. The van der Waals surface area contributed by atoms with E-state index in [9.17, 15) is 0 Å². The van der Waals surface area contributed by atoms with E-state index in [1.807, 2.05) is 12.5 Å². The van der Waals surface area contributed by atoms with Gasteiger partial charge >= 0.3 is 0 Å². The number of likely N-dealkylation sites (tertiary alicyclic amines) is 1. The molecule has 0 saturated carbocycles. The van der Waals surface area contributed by atoms with Crippen molar-refractivity contribution in [2.75, 3.05) is 13.1 Å². The average molecular weight is 250 g/mol. The molecule has 1 fully saturated rings. The Balaban J connectivity index is 2.26. The van der Waals surface area contributed by atoms with Crippen molar-refractivity contribution in [3.05, 3.63) is 18.2 Å². The second kappa shape index (κ2) is 5.85. The lowest BCUT2D eigenvalue weighted by Crippen LogP contribution is -2.42. The maximum Gasteiger partial charge on any atom is 0.0946 e. The fourth-order valence-electron chi connectivity index (χ4n) is 3.00. The fourth-order valence-corrected chi connectivity index (χ4v) is 3.00. The molecule has 4 heteroatoms. The molecule has 2 atom stereocenters. The first-order valence-corrected chi connectivity index (χ1v) is 7.05. The Labute approximate surface area is 110 Å². The number of hydrogen-bond donors (Lipinski definition) is 1. The first kappa shape index (κ1) is 13.6. The first-order valence-electron chi connectivity index (χ1n) is 7.05. The number of rotatable bonds is 3. The summed E-state index contributed by atoms with van der Waals surface area (Å²) in [6.45, 7) is 6.82. The number of aryl methyl sites for hydroxylation is 1. The van der Waals surface area contributed by atoms with E-state index in [0.717, 1.165) is 19.5 Å². The highest BCUT2D eigenvalue weighted by Gasteiger charge is 2.30. The van der Waals surface area contributed by atoms with Crippen molar-refractivity contribution < 1.29 is 0 Å². The lowest BCUT2D eigenvalue weighted by atomic mass is 10.0. The minimum atomic E-state index is 0.224. The van der Waals surface area contributed by atoms with Crippen LogP contribution in [0.3, 0.4) is 0 Å². The second-order valence-electron chi connectivity index (χ2n) is 5.92. The number of imidazole rings is 1. The molecule has 0 bridgehead atoms. The van der Waals surface area contributed by atoms with Gasteiger partial charge in [-0.1, -0.05) is 20.3 Å². The van der Waals surface area contributed by atoms with Crippen LogP contribution in [0.2, 0.25) is 0 Å². The molecule has 0 amide bonds. The molecule has 2 heterocycles. The minimum absolute atomic E-state index is 0.224. The molecular formula is C14H26N4. The van der Waals surface area contributed by atoms with Gasteiger partial charge < -0.3 is 10.3 Å². The van der Waals surface area contributed by atoms with E-state index in [1.165, 1.54) is 18.5 Å². The van der Waals surface area contributed by atoms with E-state index in [4.69, 9.17) is 5.73 Å². The zero-order chi connectivity index (χ0) is 13.1. The van der Waals surface area contributed by atoms with Gasteiger partial charge in [-0.3, -0.25) is 4.90 Å². The van der Waals surface area contributed by atoms with Crippen LogP contribution in [0.15, 0.2) is 12.5 Å². The number of hydrogen-bond acceptors (Lipinski definition) is 3. The van der Waals surface area contributed by atoms with Gasteiger partial charge in [0.25, 0.3) is 0 Å². The molecule has 4 nitrogen and oxygen atoms in total. The van der Waals surface area contributed by atoms with Gasteiger partial charge in [0.05, 0.1) is 18.1 Å². The van der Waals surface area contributed by atoms with Gasteiger partial charge in [-0.2, -0.15) is 0 Å². The van der Waals surface area contributed by atoms with Crippen molar-refractivity contribution in [1.29, 1.82) is 0 Å². The lowest BCUT2D eigenvalue weighted by molar-refractivity contribution is 0.160. The van der Waals surface area contributed by atoms with Gasteiger partial charge in [-0.15, -0.1) is 0 Å². The second-order valence-corrected chi connectivity index (χ2v) is 5.92. The number of nitrogens with zero attached hydrogens (tertiary/aromatic N) is 3. The lowest BCUT2D eigenvalue weighted by Gasteiger charge is -2.34. The summed E-state index contributed by atoms with van der Waals surface area (Å²) in [5.41, 5.74) is 7.68. The van der Waals surface area contributed by atoms with Crippen molar-refractivity contribution >= 4 is 0 Å². The molecule has 1 aliphatic heterocycles. The van der Waals surface area contributed by atoms with Crippen molar-refractivity contribution in [3.63, 3.8) is 0 Å². The van der Waals surface area contributed by atoms with Crippen LogP contribution in [0.1, 0.15) is 44.8 Å². The van der Waals surface area contributed by atoms with Crippen LogP contribution in [0.4, 0.5) is 0 Å². The molecule has 2 N–H and O–H groups in total. The van der Waals surface area contributed by atoms with Crippen molar-refractivity contribution in [2.45, 2.75) is 45.2 Å². The molecule has 1 aromatic rings. The summed E-state index contributed by atoms with van der Waals surface area (Å²) in [5, 5.41) is 0. The van der Waals surface area contributed by atoms with Crippen molar-refractivity contribution in [2.24, 2.45) is 18.7 Å². The van der Waals surface area contributed by atoms with Crippen LogP contribution < -0.4 is 5.73 Å². The molecule has 1 aliphatic rings. The van der Waals surface area contributed by atoms with Crippen LogP contribution in [0, 0.1) is 5.92 Å². The highest BCUT2D eigenvalue weighted by molar-refractivity contribution is 5.09. The predicted molar refractivity (Wildman–Crippen MR) is 74.2 cm³/mol. The van der Waals surface area contributed by atoms with E-state index in [2.05, 4.69) is 35.3 Å². The maximum absolute atomic E-state index is 6.42. The third kappa shape index (κ3) is 2.93. The molecule has 0 aromatic carbocycles. The third-order valence-corrected chi connectivity index (χ3v) is 3.79. The Hall–Kier alpha value is -0.870. The van der Waals surface area contributed by atoms with Gasteiger partial charge in [0, 0.05) is 25.8 Å². The van der Waals surface area contributed by atoms with E-state index < -0.39 is 0 Å². The monoisotopic (exact) mass is 250 g/mol. The van der Waals surface area contributed by atoms with Crippen LogP contribution in [-0.2, 0) is 7.05 Å². The molecule has 0 aliphatic carbocycles. The largest absolute Gasteiger partial charge is 0.336 e. The Kier molecular flexibility index (Phi) is 4.40. The quantitative estimate of drug-likeness (QED) is 0.891. The highest BCUT2D eigenvalue weighted by atomic mass is 15.2. The third-order valence-electron chi connectivity index (χ3n) is 3.79. The molecule has 102 valence electrons. The number of nitrogens with two attached hydrogens (primary N) is 1. The zero-order valence-corrected chi connectivity index (χ0v) is 11.8. The summed E-state index contributed by atoms with van der Waals surface area (Å²) >= 11 is 0. The summed E-state index contributed by atoms with van der Waals surface area (Å²) in [4.78, 5) is 6.81. The van der Waals surface area contributed by atoms with Crippen LogP contribution in [0.5, 0.6) is 0 Å². The summed E-state index contributed by atoms with van der Waals surface area (Å²) in [6, 6.07) is 0.545. The van der Waals surface area contributed by atoms with E-state index in [0.29, 0.717) is 12.0 Å². The van der Waals surface area contributed by atoms with Crippen LogP contribution in [-0.4, -0.2) is 33.6 Å². The molecule has 1 saturated heterocycles. The summed E-state index contributed by atoms with van der Waals surface area (Å²) in [6.07, 6.45) is 7.47. The summed E-state index contributed by atoms with van der Waals surface area (Å²) in [7, 11) is 2.06. The molecule has 1 aromatic heterocycles. The van der Waals surface area contributed by atoms with Gasteiger partial charge in [0.15, 0.2) is 0 Å². The first-order chi connectivity index (χ1) is 8.59. The van der Waals surface area contributed by atoms with Crippen LogP contribution in [0.25, 0.3) is 0 Å². The normalized spacial score (nSPS) is 26.5. The molecule has 18 heavy (non-hydrogen) atoms. The van der Waals surface area contributed by atoms with Gasteiger partial charge in [-0.25, -0.2) is 4.98 Å². The standard InChI is InChI=1S/C14H26N4/c1-11(2)9-18-7-5-4-6-12(15)14(18)13-8-16-10-17(13)3/h8,10-12,14H,4-7,9,15H2,1-3H3. The Morgan fingerprint density at radius 2 is 2.22 bits per heavy atom. The smallest absolute Gasteiger partial charge is 0.0946 e. The summed E-state index contributed by atoms with van der Waals surface area (Å²) < 4.78 is 2.11. The SMILES string of the molecule is CC(C)CN1CCCCC(N)C1c1cncn1C. The zero-order valence-electron chi connectivity index (χ0n) is 11.8. The van der Waals surface area contributed by atoms with Crippen molar-refractivity contribution in [1.82, 2.24) is 14.5 Å². The predicted octanol–water partition coefficient (Wildman–Crippen LogP) is 1.93. The fraction of sp³-hybridized carbons (Fsp3) is 0.786. The Morgan fingerprint density at radius 3 is 2.83 bits per heavy atom. The van der Waals surface area contributed by atoms with E-state index >= 15 is 0 Å². The van der Waals surface area contributed by atoms with Crippen LogP contribution >= 0.6 is 0 Å². The van der Waals surface area contributed by atoms with E-state index in [1.54, 1.807) is 0 Å². The molecule has 2 rings (SSSR count). The highest BCUT2D eigenvalue weighted by Crippen LogP contribution is 2.29. The average Bonchev–Trinajstić information content (AvgIpc) is 2.62. The van der Waals surface area contributed by atoms with Gasteiger partial charge in [-0.05, 0) is 25.3 Å². The molecule has 2 unspecified atom stereocenters. The maximum atomic E-state index is 6.42. The van der Waals surface area contributed by atoms with Crippen molar-refractivity contribution in [3.8, 4) is 0 Å². The Morgan fingerprint density at radius 1 is 1.44 bits per heavy atom. The molecule has 0 spiro atoms. The van der Waals surface area contributed by atoms with Gasteiger partial charge in [0.1, 0.15) is 0 Å². The Bertz CT molecular complexity index is 372. The number of aromatic nitrogens is 2. The summed E-state index contributed by atoms with van der Waals surface area (Å²) in [5.74, 6) is 0.672.